The maximum Gasteiger partial charge on any atom is 0.308 e. The Morgan fingerprint density at radius 1 is 1.42 bits per heavy atom. The summed E-state index contributed by atoms with van der Waals surface area (Å²) < 4.78 is 1.73. The lowest BCUT2D eigenvalue weighted by Gasteiger charge is -2.28. The van der Waals surface area contributed by atoms with Crippen molar-refractivity contribution in [2.45, 2.75) is 64.3 Å². The van der Waals surface area contributed by atoms with Gasteiger partial charge in [-0.2, -0.15) is 0 Å². The fourth-order valence-electron chi connectivity index (χ4n) is 3.02. The van der Waals surface area contributed by atoms with Crippen molar-refractivity contribution in [3.05, 3.63) is 5.82 Å². The minimum absolute atomic E-state index is 0.0377. The summed E-state index contributed by atoms with van der Waals surface area (Å²) in [5.74, 6) is -0.448. The number of aliphatic carboxylic acids is 1. The zero-order valence-corrected chi connectivity index (χ0v) is 11.8. The zero-order chi connectivity index (χ0) is 14.0. The number of nitrogens with zero attached hydrogens (tertiary/aromatic N) is 4. The molecule has 2 rings (SSSR count). The van der Waals surface area contributed by atoms with E-state index >= 15 is 0 Å². The van der Waals surface area contributed by atoms with Crippen molar-refractivity contribution in [3.8, 4) is 0 Å². The zero-order valence-electron chi connectivity index (χ0n) is 11.8. The van der Waals surface area contributed by atoms with E-state index in [1.54, 1.807) is 11.6 Å². The lowest BCUT2D eigenvalue weighted by molar-refractivity contribution is -0.142. The van der Waals surface area contributed by atoms with Crippen LogP contribution in [-0.4, -0.2) is 31.3 Å². The first kappa shape index (κ1) is 14.0. The summed E-state index contributed by atoms with van der Waals surface area (Å²) in [6, 6.07) is -0.230. The standard InChI is InChI=1S/C13H22N4O2/c1-4-13(7-5-6-8-13)12-14-15-16-17(12)10(3)9(2)11(18)19/h9-10H,4-8H2,1-3H3,(H,18,19). The number of carboxylic acid groups (broad SMARTS) is 1. The molecular formula is C13H22N4O2. The highest BCUT2D eigenvalue weighted by Crippen LogP contribution is 2.43. The summed E-state index contributed by atoms with van der Waals surface area (Å²) in [6.45, 7) is 5.73. The molecule has 1 heterocycles. The molecule has 1 aliphatic rings. The average Bonchev–Trinajstić information content (AvgIpc) is 3.05. The van der Waals surface area contributed by atoms with Crippen LogP contribution in [0.1, 0.15) is 64.7 Å². The molecule has 1 saturated carbocycles. The molecule has 2 unspecified atom stereocenters. The Balaban J connectivity index is 2.34. The lowest BCUT2D eigenvalue weighted by Crippen LogP contribution is -2.31. The number of tetrazole rings is 1. The van der Waals surface area contributed by atoms with Crippen molar-refractivity contribution in [1.29, 1.82) is 0 Å². The molecule has 0 saturated heterocycles. The maximum absolute atomic E-state index is 11.1. The SMILES string of the molecule is CCC1(c2nnnn2C(C)C(C)C(=O)O)CCCC1. The third-order valence-corrected chi connectivity index (χ3v) is 4.70. The number of rotatable bonds is 5. The normalized spacial score (nSPS) is 21.2. The number of hydrogen-bond acceptors (Lipinski definition) is 4. The molecule has 0 bridgehead atoms. The second-order valence-corrected chi connectivity index (χ2v) is 5.66. The van der Waals surface area contributed by atoms with Gasteiger partial charge in [0.2, 0.25) is 0 Å². The fourth-order valence-corrected chi connectivity index (χ4v) is 3.02. The summed E-state index contributed by atoms with van der Waals surface area (Å²) in [4.78, 5) is 11.1. The van der Waals surface area contributed by atoms with Crippen LogP contribution in [0.15, 0.2) is 0 Å². The molecule has 0 spiro atoms. The van der Waals surface area contributed by atoms with E-state index in [0.717, 1.165) is 25.1 Å². The van der Waals surface area contributed by atoms with Gasteiger partial charge in [0.25, 0.3) is 0 Å². The van der Waals surface area contributed by atoms with Crippen LogP contribution in [0.2, 0.25) is 0 Å². The van der Waals surface area contributed by atoms with Crippen molar-refractivity contribution in [3.63, 3.8) is 0 Å². The van der Waals surface area contributed by atoms with Crippen LogP contribution in [0.4, 0.5) is 0 Å². The summed E-state index contributed by atoms with van der Waals surface area (Å²) in [5, 5.41) is 21.2. The van der Waals surface area contributed by atoms with Crippen LogP contribution in [0.25, 0.3) is 0 Å². The van der Waals surface area contributed by atoms with E-state index in [-0.39, 0.29) is 11.5 Å². The van der Waals surface area contributed by atoms with Crippen molar-refractivity contribution >= 4 is 5.97 Å². The van der Waals surface area contributed by atoms with Gasteiger partial charge >= 0.3 is 5.97 Å². The van der Waals surface area contributed by atoms with Crippen molar-refractivity contribution in [2.24, 2.45) is 5.92 Å². The van der Waals surface area contributed by atoms with Gasteiger partial charge in [0.1, 0.15) is 0 Å². The lowest BCUT2D eigenvalue weighted by atomic mass is 9.82. The van der Waals surface area contributed by atoms with Crippen LogP contribution in [0, 0.1) is 5.92 Å². The van der Waals surface area contributed by atoms with Gasteiger partial charge in [0, 0.05) is 5.41 Å². The number of carboxylic acids is 1. The Kier molecular flexibility index (Phi) is 3.87. The van der Waals surface area contributed by atoms with Gasteiger partial charge in [-0.15, -0.1) is 5.10 Å². The third-order valence-electron chi connectivity index (χ3n) is 4.70. The van der Waals surface area contributed by atoms with E-state index in [1.807, 2.05) is 6.92 Å². The Labute approximate surface area is 113 Å². The third kappa shape index (κ3) is 2.35. The first-order chi connectivity index (χ1) is 9.02. The molecule has 1 aromatic rings. The number of aromatic nitrogens is 4. The Morgan fingerprint density at radius 3 is 2.58 bits per heavy atom. The molecule has 6 heteroatoms. The molecule has 19 heavy (non-hydrogen) atoms. The summed E-state index contributed by atoms with van der Waals surface area (Å²) >= 11 is 0. The largest absolute Gasteiger partial charge is 0.481 e. The van der Waals surface area contributed by atoms with E-state index in [0.29, 0.717) is 0 Å². The van der Waals surface area contributed by atoms with Gasteiger partial charge in [-0.3, -0.25) is 4.79 Å². The van der Waals surface area contributed by atoms with Crippen LogP contribution in [-0.2, 0) is 10.2 Å². The van der Waals surface area contributed by atoms with Gasteiger partial charge in [-0.1, -0.05) is 19.8 Å². The van der Waals surface area contributed by atoms with E-state index in [4.69, 9.17) is 5.11 Å². The van der Waals surface area contributed by atoms with Crippen molar-refractivity contribution < 1.29 is 9.90 Å². The second-order valence-electron chi connectivity index (χ2n) is 5.66. The number of hydrogen-bond donors (Lipinski definition) is 1. The predicted octanol–water partition coefficient (Wildman–Crippen LogP) is 2.18. The minimum atomic E-state index is -0.814. The fraction of sp³-hybridized carbons (Fsp3) is 0.846. The smallest absolute Gasteiger partial charge is 0.308 e. The van der Waals surface area contributed by atoms with E-state index in [1.165, 1.54) is 12.8 Å². The Bertz CT molecular complexity index is 451. The first-order valence-corrected chi connectivity index (χ1v) is 7.03. The van der Waals surface area contributed by atoms with Crippen LogP contribution in [0.5, 0.6) is 0 Å². The maximum atomic E-state index is 11.1. The summed E-state index contributed by atoms with van der Waals surface area (Å²) in [5.41, 5.74) is 0.0377. The van der Waals surface area contributed by atoms with Crippen LogP contribution in [0.3, 0.4) is 0 Å². The van der Waals surface area contributed by atoms with Crippen LogP contribution >= 0.6 is 0 Å². The van der Waals surface area contributed by atoms with E-state index in [2.05, 4.69) is 22.4 Å². The van der Waals surface area contributed by atoms with Gasteiger partial charge in [0.15, 0.2) is 5.82 Å². The topological polar surface area (TPSA) is 80.9 Å². The molecule has 0 amide bonds. The molecule has 1 N–H and O–H groups in total. The van der Waals surface area contributed by atoms with Gasteiger partial charge in [-0.25, -0.2) is 4.68 Å². The molecular weight excluding hydrogens is 244 g/mol. The monoisotopic (exact) mass is 266 g/mol. The number of carbonyl (C=O) groups is 1. The average molecular weight is 266 g/mol. The molecule has 1 aliphatic carbocycles. The quantitative estimate of drug-likeness (QED) is 0.883. The molecule has 2 atom stereocenters. The van der Waals surface area contributed by atoms with Gasteiger partial charge in [0.05, 0.1) is 12.0 Å². The highest BCUT2D eigenvalue weighted by atomic mass is 16.4. The molecule has 6 nitrogen and oxygen atoms in total. The van der Waals surface area contributed by atoms with E-state index < -0.39 is 11.9 Å². The predicted molar refractivity (Wildman–Crippen MR) is 69.8 cm³/mol. The van der Waals surface area contributed by atoms with Crippen LogP contribution < -0.4 is 0 Å². The Hall–Kier alpha value is -1.46. The van der Waals surface area contributed by atoms with Crippen molar-refractivity contribution in [2.75, 3.05) is 0 Å². The molecule has 0 aromatic carbocycles. The molecule has 0 aliphatic heterocycles. The highest BCUT2D eigenvalue weighted by Gasteiger charge is 2.40. The summed E-state index contributed by atoms with van der Waals surface area (Å²) in [6.07, 6.45) is 5.59. The molecule has 1 aromatic heterocycles. The first-order valence-electron chi connectivity index (χ1n) is 7.03. The highest BCUT2D eigenvalue weighted by molar-refractivity contribution is 5.70. The van der Waals surface area contributed by atoms with Gasteiger partial charge in [-0.05, 0) is 43.5 Å². The molecule has 106 valence electrons. The van der Waals surface area contributed by atoms with Gasteiger partial charge < -0.3 is 5.11 Å². The molecule has 0 radical (unpaired) electrons. The van der Waals surface area contributed by atoms with Crippen molar-refractivity contribution in [1.82, 2.24) is 20.2 Å². The minimum Gasteiger partial charge on any atom is -0.481 e. The Morgan fingerprint density at radius 2 is 2.05 bits per heavy atom. The van der Waals surface area contributed by atoms with E-state index in [9.17, 15) is 4.79 Å². The summed E-state index contributed by atoms with van der Waals surface area (Å²) in [7, 11) is 0. The molecule has 1 fully saturated rings. The second kappa shape index (κ2) is 5.27.